The van der Waals surface area contributed by atoms with Crippen molar-refractivity contribution in [2.45, 2.75) is 6.42 Å². The molecule has 0 radical (unpaired) electrons. The zero-order valence-electron chi connectivity index (χ0n) is 16.3. The standard InChI is InChI=1S/C20H19N5O4S/c1-27-14-10-13-16(11-15(14)28-2)30-18(19(26)21-20-22-24-25-23-20)17(13)29-9-8-12-6-4-3-5-7-12/h3-7,10-11H,8-9H2,1-2H3,(H2,21,22,23,24,25,26). The van der Waals surface area contributed by atoms with Crippen LogP contribution < -0.4 is 19.5 Å². The number of rotatable bonds is 8. The van der Waals surface area contributed by atoms with E-state index in [9.17, 15) is 4.79 Å². The van der Waals surface area contributed by atoms with Crippen LogP contribution in [0.4, 0.5) is 5.95 Å². The van der Waals surface area contributed by atoms with Crippen LogP contribution in [0.1, 0.15) is 15.2 Å². The van der Waals surface area contributed by atoms with Gasteiger partial charge in [0.1, 0.15) is 4.88 Å². The van der Waals surface area contributed by atoms with Crippen molar-refractivity contribution < 1.29 is 19.0 Å². The maximum atomic E-state index is 12.9. The van der Waals surface area contributed by atoms with Crippen LogP contribution in [0.2, 0.25) is 0 Å². The van der Waals surface area contributed by atoms with Crippen LogP contribution in [-0.4, -0.2) is 47.4 Å². The molecule has 0 saturated heterocycles. The Labute approximate surface area is 176 Å². The summed E-state index contributed by atoms with van der Waals surface area (Å²) in [6.07, 6.45) is 0.706. The second kappa shape index (κ2) is 8.78. The summed E-state index contributed by atoms with van der Waals surface area (Å²) in [5, 5.41) is 16.7. The Morgan fingerprint density at radius 3 is 2.60 bits per heavy atom. The number of hydrogen-bond acceptors (Lipinski definition) is 8. The fourth-order valence-corrected chi connectivity index (χ4v) is 4.04. The molecule has 30 heavy (non-hydrogen) atoms. The number of aromatic nitrogens is 4. The van der Waals surface area contributed by atoms with Gasteiger partial charge in [0.2, 0.25) is 0 Å². The number of anilines is 1. The van der Waals surface area contributed by atoms with Gasteiger partial charge in [0.05, 0.1) is 20.8 Å². The van der Waals surface area contributed by atoms with E-state index in [0.29, 0.717) is 35.2 Å². The summed E-state index contributed by atoms with van der Waals surface area (Å²) in [5.41, 5.74) is 1.15. The van der Waals surface area contributed by atoms with Gasteiger partial charge in [-0.2, -0.15) is 5.21 Å². The van der Waals surface area contributed by atoms with E-state index in [-0.39, 0.29) is 11.9 Å². The van der Waals surface area contributed by atoms with Gasteiger partial charge in [0.15, 0.2) is 17.2 Å². The number of thiophene rings is 1. The Kier molecular flexibility index (Phi) is 5.75. The number of nitrogens with one attached hydrogen (secondary N) is 2. The van der Waals surface area contributed by atoms with Gasteiger partial charge in [-0.15, -0.1) is 16.4 Å². The predicted octanol–water partition coefficient (Wildman–Crippen LogP) is 3.31. The quantitative estimate of drug-likeness (QED) is 0.445. The Morgan fingerprint density at radius 2 is 1.90 bits per heavy atom. The van der Waals surface area contributed by atoms with Gasteiger partial charge in [0.25, 0.3) is 11.9 Å². The first kappa shape index (κ1) is 19.6. The Morgan fingerprint density at radius 1 is 1.13 bits per heavy atom. The lowest BCUT2D eigenvalue weighted by Gasteiger charge is -2.10. The van der Waals surface area contributed by atoms with E-state index in [1.165, 1.54) is 11.3 Å². The third-order valence-corrected chi connectivity index (χ3v) is 5.54. The average molecular weight is 425 g/mol. The molecule has 2 aromatic heterocycles. The topological polar surface area (TPSA) is 111 Å². The summed E-state index contributed by atoms with van der Waals surface area (Å²) in [6.45, 7) is 0.409. The first-order valence-electron chi connectivity index (χ1n) is 9.09. The van der Waals surface area contributed by atoms with Crippen LogP contribution in [0.25, 0.3) is 10.1 Å². The molecule has 1 amide bonds. The summed E-state index contributed by atoms with van der Waals surface area (Å²) in [4.78, 5) is 13.3. The molecule has 2 heterocycles. The summed E-state index contributed by atoms with van der Waals surface area (Å²) < 4.78 is 17.7. The number of methoxy groups -OCH3 is 2. The number of H-pyrrole nitrogens is 1. The predicted molar refractivity (Wildman–Crippen MR) is 113 cm³/mol. The number of nitrogens with zero attached hydrogens (tertiary/aromatic N) is 3. The molecule has 0 atom stereocenters. The van der Waals surface area contributed by atoms with Crippen molar-refractivity contribution in [2.24, 2.45) is 0 Å². The number of carbonyl (C=O) groups is 1. The van der Waals surface area contributed by atoms with Crippen molar-refractivity contribution in [3.63, 3.8) is 0 Å². The van der Waals surface area contributed by atoms with Crippen molar-refractivity contribution in [1.29, 1.82) is 0 Å². The SMILES string of the molecule is COc1cc2sc(C(=O)Nc3nn[nH]n3)c(OCCc3ccccc3)c2cc1OC. The maximum Gasteiger partial charge on any atom is 0.272 e. The van der Waals surface area contributed by atoms with Gasteiger partial charge in [-0.05, 0) is 16.8 Å². The van der Waals surface area contributed by atoms with Gasteiger partial charge in [-0.3, -0.25) is 10.1 Å². The van der Waals surface area contributed by atoms with E-state index in [1.807, 2.05) is 42.5 Å². The monoisotopic (exact) mass is 425 g/mol. The fraction of sp³-hybridized carbons (Fsp3) is 0.200. The second-order valence-electron chi connectivity index (χ2n) is 6.24. The molecule has 2 aromatic carbocycles. The van der Waals surface area contributed by atoms with E-state index in [2.05, 4.69) is 25.9 Å². The van der Waals surface area contributed by atoms with E-state index in [4.69, 9.17) is 14.2 Å². The van der Waals surface area contributed by atoms with Crippen molar-refractivity contribution in [3.05, 3.63) is 52.9 Å². The average Bonchev–Trinajstić information content (AvgIpc) is 3.41. The highest BCUT2D eigenvalue weighted by Crippen LogP contribution is 2.43. The van der Waals surface area contributed by atoms with Crippen molar-refractivity contribution in [2.75, 3.05) is 26.1 Å². The lowest BCUT2D eigenvalue weighted by Crippen LogP contribution is -2.13. The molecule has 4 rings (SSSR count). The van der Waals surface area contributed by atoms with E-state index in [0.717, 1.165) is 15.6 Å². The minimum atomic E-state index is -0.384. The van der Waals surface area contributed by atoms with E-state index >= 15 is 0 Å². The van der Waals surface area contributed by atoms with Crippen LogP contribution in [0, 0.1) is 0 Å². The zero-order valence-corrected chi connectivity index (χ0v) is 17.2. The molecule has 0 bridgehead atoms. The molecular formula is C20H19N5O4S. The lowest BCUT2D eigenvalue weighted by atomic mass is 10.1. The van der Waals surface area contributed by atoms with Crippen molar-refractivity contribution in [3.8, 4) is 17.2 Å². The largest absolute Gasteiger partial charge is 0.493 e. The molecule has 0 aliphatic rings. The van der Waals surface area contributed by atoms with Crippen molar-refractivity contribution in [1.82, 2.24) is 20.6 Å². The first-order chi connectivity index (χ1) is 14.7. The number of fused-ring (bicyclic) bond motifs is 1. The minimum Gasteiger partial charge on any atom is -0.493 e. The maximum absolute atomic E-state index is 12.9. The van der Waals surface area contributed by atoms with Crippen LogP contribution in [-0.2, 0) is 6.42 Å². The highest BCUT2D eigenvalue weighted by Gasteiger charge is 2.23. The number of ether oxygens (including phenoxy) is 3. The van der Waals surface area contributed by atoms with Crippen LogP contribution in [0.3, 0.4) is 0 Å². The minimum absolute atomic E-state index is 0.0860. The highest BCUT2D eigenvalue weighted by atomic mass is 32.1. The Hall–Kier alpha value is -3.66. The summed E-state index contributed by atoms with van der Waals surface area (Å²) >= 11 is 1.29. The molecule has 2 N–H and O–H groups in total. The van der Waals surface area contributed by atoms with Gasteiger partial charge in [-0.1, -0.05) is 35.4 Å². The Balaban J connectivity index is 1.68. The second-order valence-corrected chi connectivity index (χ2v) is 7.29. The molecule has 0 aliphatic carbocycles. The van der Waals surface area contributed by atoms with Gasteiger partial charge < -0.3 is 14.2 Å². The number of amides is 1. The van der Waals surface area contributed by atoms with Gasteiger partial charge in [-0.25, -0.2) is 0 Å². The summed E-state index contributed by atoms with van der Waals surface area (Å²) in [5.74, 6) is 1.31. The van der Waals surface area contributed by atoms with Gasteiger partial charge in [0, 0.05) is 22.6 Å². The summed E-state index contributed by atoms with van der Waals surface area (Å²) in [6, 6.07) is 13.6. The normalized spacial score (nSPS) is 10.7. The third kappa shape index (κ3) is 4.03. The zero-order chi connectivity index (χ0) is 20.9. The molecule has 0 spiro atoms. The fourth-order valence-electron chi connectivity index (χ4n) is 2.98. The molecular weight excluding hydrogens is 406 g/mol. The molecule has 0 aliphatic heterocycles. The number of hydrogen-bond donors (Lipinski definition) is 2. The molecule has 10 heteroatoms. The van der Waals surface area contributed by atoms with Crippen LogP contribution in [0.15, 0.2) is 42.5 Å². The lowest BCUT2D eigenvalue weighted by molar-refractivity contribution is 0.102. The number of tetrazole rings is 1. The number of aromatic amines is 1. The number of carbonyl (C=O) groups excluding carboxylic acids is 1. The van der Waals surface area contributed by atoms with Crippen LogP contribution in [0.5, 0.6) is 17.2 Å². The van der Waals surface area contributed by atoms with E-state index < -0.39 is 0 Å². The van der Waals surface area contributed by atoms with Gasteiger partial charge >= 0.3 is 0 Å². The highest BCUT2D eigenvalue weighted by molar-refractivity contribution is 7.21. The molecule has 0 fully saturated rings. The van der Waals surface area contributed by atoms with Crippen molar-refractivity contribution >= 4 is 33.3 Å². The smallest absolute Gasteiger partial charge is 0.272 e. The van der Waals surface area contributed by atoms with E-state index in [1.54, 1.807) is 14.2 Å². The first-order valence-corrected chi connectivity index (χ1v) is 9.91. The third-order valence-electron chi connectivity index (χ3n) is 4.41. The molecule has 154 valence electrons. The molecule has 9 nitrogen and oxygen atoms in total. The Bertz CT molecular complexity index is 1150. The summed E-state index contributed by atoms with van der Waals surface area (Å²) in [7, 11) is 3.13. The van der Waals surface area contributed by atoms with Crippen LogP contribution >= 0.6 is 11.3 Å². The molecule has 4 aromatic rings. The number of benzene rings is 2. The molecule has 0 unspecified atom stereocenters. The molecule has 0 saturated carbocycles.